The van der Waals surface area contributed by atoms with Gasteiger partial charge in [0.2, 0.25) is 5.91 Å². The fraction of sp³-hybridized carbons (Fsp3) is 0.389. The minimum atomic E-state index is -0.470. The maximum atomic E-state index is 12.4. The number of hydrogen-bond donors (Lipinski definition) is 2. The van der Waals surface area contributed by atoms with Crippen LogP contribution in [0.5, 0.6) is 0 Å². The number of carbonyl (C=O) groups excluding carboxylic acids is 2. The van der Waals surface area contributed by atoms with Crippen molar-refractivity contribution in [1.82, 2.24) is 15.6 Å². The van der Waals surface area contributed by atoms with Crippen LogP contribution < -0.4 is 15.5 Å². The Morgan fingerprint density at radius 1 is 1.36 bits per heavy atom. The number of anilines is 1. The van der Waals surface area contributed by atoms with Crippen molar-refractivity contribution in [2.75, 3.05) is 18.0 Å². The van der Waals surface area contributed by atoms with Crippen LogP contribution in [0.15, 0.2) is 24.4 Å². The predicted octanol–water partition coefficient (Wildman–Crippen LogP) is 2.11. The average Bonchev–Trinajstić information content (AvgIpc) is 2.98. The van der Waals surface area contributed by atoms with E-state index in [1.807, 2.05) is 12.1 Å². The monoisotopic (exact) mass is 358 g/mol. The third-order valence-electron chi connectivity index (χ3n) is 5.00. The number of halogens is 1. The second-order valence-corrected chi connectivity index (χ2v) is 7.06. The molecule has 2 N–H and O–H groups in total. The molecule has 2 saturated heterocycles. The van der Waals surface area contributed by atoms with E-state index in [9.17, 15) is 9.59 Å². The maximum Gasteiger partial charge on any atom is 0.253 e. The topological polar surface area (TPSA) is 74.3 Å². The second-order valence-electron chi connectivity index (χ2n) is 6.66. The molecule has 1 aromatic heterocycles. The zero-order valence-corrected chi connectivity index (χ0v) is 14.6. The summed E-state index contributed by atoms with van der Waals surface area (Å²) in [5.74, 6) is -0.438. The SMILES string of the molecule is CC1CCN1c1cc2ncc(C(=O)N[C@H]3CCNC3=O)cc2cc1Cl. The zero-order chi connectivity index (χ0) is 17.6. The molecule has 0 saturated carbocycles. The number of fused-ring (bicyclic) bond motifs is 1. The largest absolute Gasteiger partial charge is 0.367 e. The molecule has 6 nitrogen and oxygen atoms in total. The van der Waals surface area contributed by atoms with Gasteiger partial charge in [0, 0.05) is 30.7 Å². The summed E-state index contributed by atoms with van der Waals surface area (Å²) in [6, 6.07) is 5.60. The quantitative estimate of drug-likeness (QED) is 0.881. The molecule has 130 valence electrons. The first-order valence-electron chi connectivity index (χ1n) is 8.47. The van der Waals surface area contributed by atoms with Gasteiger partial charge in [-0.25, -0.2) is 0 Å². The summed E-state index contributed by atoms with van der Waals surface area (Å²) in [5.41, 5.74) is 2.21. The summed E-state index contributed by atoms with van der Waals surface area (Å²) in [7, 11) is 0. The van der Waals surface area contributed by atoms with E-state index >= 15 is 0 Å². The number of aromatic nitrogens is 1. The molecule has 2 aromatic rings. The molecule has 0 aliphatic carbocycles. The number of nitrogens with one attached hydrogen (secondary N) is 2. The number of carbonyl (C=O) groups is 2. The number of amides is 2. The van der Waals surface area contributed by atoms with Gasteiger partial charge in [-0.05, 0) is 38.0 Å². The van der Waals surface area contributed by atoms with E-state index < -0.39 is 6.04 Å². The average molecular weight is 359 g/mol. The molecule has 2 atom stereocenters. The van der Waals surface area contributed by atoms with Gasteiger partial charge < -0.3 is 15.5 Å². The third-order valence-corrected chi connectivity index (χ3v) is 5.30. The van der Waals surface area contributed by atoms with Gasteiger partial charge in [-0.15, -0.1) is 0 Å². The van der Waals surface area contributed by atoms with Crippen LogP contribution in [0.1, 0.15) is 30.1 Å². The molecule has 2 amide bonds. The Bertz CT molecular complexity index is 870. The lowest BCUT2D eigenvalue weighted by molar-refractivity contribution is -0.120. The molecule has 2 aliphatic rings. The van der Waals surface area contributed by atoms with E-state index in [1.54, 1.807) is 12.3 Å². The number of benzene rings is 1. The van der Waals surface area contributed by atoms with Gasteiger partial charge in [-0.3, -0.25) is 14.6 Å². The summed E-state index contributed by atoms with van der Waals surface area (Å²) in [6.45, 7) is 3.76. The Morgan fingerprint density at radius 2 is 2.20 bits per heavy atom. The summed E-state index contributed by atoms with van der Waals surface area (Å²) in [4.78, 5) is 30.6. The van der Waals surface area contributed by atoms with E-state index in [4.69, 9.17) is 11.6 Å². The first-order valence-corrected chi connectivity index (χ1v) is 8.85. The molecule has 4 rings (SSSR count). The summed E-state index contributed by atoms with van der Waals surface area (Å²) >= 11 is 6.44. The smallest absolute Gasteiger partial charge is 0.253 e. The molecule has 2 aliphatic heterocycles. The Balaban J connectivity index is 1.60. The Labute approximate surface area is 150 Å². The van der Waals surface area contributed by atoms with Crippen LogP contribution >= 0.6 is 11.6 Å². The highest BCUT2D eigenvalue weighted by Crippen LogP contribution is 2.35. The molecule has 7 heteroatoms. The van der Waals surface area contributed by atoms with Crippen LogP contribution in [0.3, 0.4) is 0 Å². The van der Waals surface area contributed by atoms with Gasteiger partial charge in [0.15, 0.2) is 0 Å². The highest BCUT2D eigenvalue weighted by Gasteiger charge is 2.27. The molecule has 2 fully saturated rings. The van der Waals surface area contributed by atoms with Crippen molar-refractivity contribution in [1.29, 1.82) is 0 Å². The van der Waals surface area contributed by atoms with Crippen molar-refractivity contribution in [2.45, 2.75) is 31.8 Å². The van der Waals surface area contributed by atoms with E-state index in [0.29, 0.717) is 29.6 Å². The molecule has 25 heavy (non-hydrogen) atoms. The molecular weight excluding hydrogens is 340 g/mol. The molecule has 0 spiro atoms. The summed E-state index contributed by atoms with van der Waals surface area (Å²) < 4.78 is 0. The van der Waals surface area contributed by atoms with E-state index in [-0.39, 0.29) is 11.8 Å². The normalized spacial score (nSPS) is 22.6. The van der Waals surface area contributed by atoms with Gasteiger partial charge in [-0.1, -0.05) is 11.6 Å². The van der Waals surface area contributed by atoms with Crippen LogP contribution in [-0.2, 0) is 4.79 Å². The molecule has 0 radical (unpaired) electrons. The van der Waals surface area contributed by atoms with Crippen molar-refractivity contribution in [3.8, 4) is 0 Å². The number of pyridine rings is 1. The molecule has 0 bridgehead atoms. The molecule has 1 aromatic carbocycles. The second kappa shape index (κ2) is 6.19. The molecule has 1 unspecified atom stereocenters. The lowest BCUT2D eigenvalue weighted by Crippen LogP contribution is -2.45. The van der Waals surface area contributed by atoms with Crippen molar-refractivity contribution in [3.63, 3.8) is 0 Å². The lowest BCUT2D eigenvalue weighted by atomic mass is 10.0. The third kappa shape index (κ3) is 2.91. The van der Waals surface area contributed by atoms with Crippen LogP contribution in [0.25, 0.3) is 10.9 Å². The van der Waals surface area contributed by atoms with E-state index in [0.717, 1.165) is 29.6 Å². The standard InChI is InChI=1S/C18H19ClN4O2/c1-10-3-5-23(10)16-8-15-11(7-13(16)19)6-12(9-21-15)17(24)22-14-2-4-20-18(14)25/h6-10,14H,2-5H2,1H3,(H,20,25)(H,22,24)/t10?,14-/m0/s1. The first kappa shape index (κ1) is 16.1. The first-order chi connectivity index (χ1) is 12.0. The molecular formula is C18H19ClN4O2. The van der Waals surface area contributed by atoms with Crippen molar-refractivity contribution >= 4 is 40.0 Å². The highest BCUT2D eigenvalue weighted by molar-refractivity contribution is 6.34. The number of rotatable bonds is 3. The van der Waals surface area contributed by atoms with Gasteiger partial charge in [0.25, 0.3) is 5.91 Å². The number of hydrogen-bond acceptors (Lipinski definition) is 4. The summed E-state index contributed by atoms with van der Waals surface area (Å²) in [5, 5.41) is 6.92. The minimum Gasteiger partial charge on any atom is -0.367 e. The van der Waals surface area contributed by atoms with Gasteiger partial charge in [0.1, 0.15) is 6.04 Å². The van der Waals surface area contributed by atoms with Gasteiger partial charge in [0.05, 0.1) is 21.8 Å². The Hall–Kier alpha value is -2.34. The van der Waals surface area contributed by atoms with Crippen LogP contribution in [0.2, 0.25) is 5.02 Å². The van der Waals surface area contributed by atoms with Gasteiger partial charge in [-0.2, -0.15) is 0 Å². The molecule has 3 heterocycles. The van der Waals surface area contributed by atoms with E-state index in [2.05, 4.69) is 27.4 Å². The summed E-state index contributed by atoms with van der Waals surface area (Å²) in [6.07, 6.45) is 3.31. The maximum absolute atomic E-state index is 12.4. The van der Waals surface area contributed by atoms with Crippen molar-refractivity contribution < 1.29 is 9.59 Å². The number of nitrogens with zero attached hydrogens (tertiary/aromatic N) is 2. The lowest BCUT2D eigenvalue weighted by Gasteiger charge is -2.41. The van der Waals surface area contributed by atoms with Crippen LogP contribution in [0, 0.1) is 0 Å². The highest BCUT2D eigenvalue weighted by atomic mass is 35.5. The van der Waals surface area contributed by atoms with Crippen molar-refractivity contribution in [2.24, 2.45) is 0 Å². The van der Waals surface area contributed by atoms with Crippen LogP contribution in [0.4, 0.5) is 5.69 Å². The van der Waals surface area contributed by atoms with E-state index in [1.165, 1.54) is 0 Å². The minimum absolute atomic E-state index is 0.140. The van der Waals surface area contributed by atoms with Crippen molar-refractivity contribution in [3.05, 3.63) is 35.0 Å². The fourth-order valence-electron chi connectivity index (χ4n) is 3.33. The fourth-order valence-corrected chi connectivity index (χ4v) is 3.61. The van der Waals surface area contributed by atoms with Crippen LogP contribution in [-0.4, -0.2) is 42.0 Å². The zero-order valence-electron chi connectivity index (χ0n) is 13.9. The Morgan fingerprint density at radius 3 is 2.84 bits per heavy atom. The predicted molar refractivity (Wildman–Crippen MR) is 97.1 cm³/mol. The Kier molecular flexibility index (Phi) is 4.00. The van der Waals surface area contributed by atoms with Gasteiger partial charge >= 0.3 is 0 Å².